The van der Waals surface area contributed by atoms with Gasteiger partial charge in [0.2, 0.25) is 6.29 Å². The molecule has 9 fully saturated rings. The molecule has 0 bridgehead atoms. The van der Waals surface area contributed by atoms with Crippen LogP contribution in [0, 0.1) is 50.2 Å². The third kappa shape index (κ3) is 11.0. The molecule has 5 aliphatic carbocycles. The van der Waals surface area contributed by atoms with Gasteiger partial charge in [0.15, 0.2) is 25.2 Å². The zero-order chi connectivity index (χ0) is 62.9. The zero-order valence-corrected chi connectivity index (χ0v) is 50.2. The minimum absolute atomic E-state index is 0.00396. The summed E-state index contributed by atoms with van der Waals surface area (Å²) in [5, 5.41) is 175. The number of hydrogen-bond acceptors (Lipinski definition) is 27. The topological polar surface area (TPSA) is 433 Å². The SMILES string of the molecule is CC1OC(OC2C(CO)OC(OCC3OC(OC(=O)C45CCC(C)(C)CC4C4=CCC6C7(C)CCC(OC8OCC(O)C(O)C8OC8OC(C)C(O)C(O)C8O)C(C)(CO)C7CCC6(C)C4(C)CC5O)C(O)C(O)C3O)C(O)C2O)C(O)C(O)C1O. The predicted molar refractivity (Wildman–Crippen MR) is 289 cm³/mol. The number of aliphatic hydroxyl groups excluding tert-OH is 16. The molecule has 0 amide bonds. The van der Waals surface area contributed by atoms with Gasteiger partial charge in [0, 0.05) is 5.41 Å². The maximum Gasteiger partial charge on any atom is 0.317 e. The van der Waals surface area contributed by atoms with Crippen molar-refractivity contribution < 1.29 is 134 Å². The average molecular weight is 1240 g/mol. The summed E-state index contributed by atoms with van der Waals surface area (Å²) in [6.07, 6.45) is -33.7. The van der Waals surface area contributed by atoms with E-state index < -0.39 is 212 Å². The van der Waals surface area contributed by atoms with E-state index in [1.54, 1.807) is 0 Å². The summed E-state index contributed by atoms with van der Waals surface area (Å²) in [6.45, 7) is 13.7. The predicted octanol–water partition coefficient (Wildman–Crippen LogP) is -3.57. The number of fused-ring (bicyclic) bond motifs is 7. The Balaban J connectivity index is 0.845. The molecule has 5 saturated heterocycles. The lowest BCUT2D eigenvalue weighted by Gasteiger charge is -2.72. The first kappa shape index (κ1) is 67.1. The number of ether oxygens (including phenoxy) is 10. The van der Waals surface area contributed by atoms with Gasteiger partial charge in [-0.2, -0.15) is 0 Å². The minimum atomic E-state index is -1.99. The molecule has 0 aromatic heterocycles. The summed E-state index contributed by atoms with van der Waals surface area (Å²) in [5.41, 5.74) is -3.32. The Bertz CT molecular complexity index is 2400. The van der Waals surface area contributed by atoms with Crippen molar-refractivity contribution in [2.24, 2.45) is 50.2 Å². The molecule has 16 N–H and O–H groups in total. The minimum Gasteiger partial charge on any atom is -0.432 e. The maximum atomic E-state index is 15.3. The number of aliphatic hydroxyl groups is 16. The van der Waals surface area contributed by atoms with Crippen molar-refractivity contribution in [2.45, 2.75) is 273 Å². The Kier molecular flexibility index (Phi) is 19.2. The van der Waals surface area contributed by atoms with Crippen LogP contribution in [0.4, 0.5) is 0 Å². The first-order chi connectivity index (χ1) is 40.2. The highest BCUT2D eigenvalue weighted by atomic mass is 16.8. The summed E-state index contributed by atoms with van der Waals surface area (Å²) in [7, 11) is 0. The van der Waals surface area contributed by atoms with E-state index in [1.807, 2.05) is 6.92 Å². The molecular weight excluding hydrogens is 1140 g/mol. The molecule has 0 aromatic rings. The van der Waals surface area contributed by atoms with Gasteiger partial charge in [0.25, 0.3) is 0 Å². The van der Waals surface area contributed by atoms with E-state index in [1.165, 1.54) is 13.8 Å². The van der Waals surface area contributed by atoms with E-state index in [0.29, 0.717) is 44.9 Å². The van der Waals surface area contributed by atoms with Gasteiger partial charge in [0.1, 0.15) is 109 Å². The van der Waals surface area contributed by atoms with E-state index >= 15 is 4.79 Å². The van der Waals surface area contributed by atoms with Crippen molar-refractivity contribution in [1.82, 2.24) is 0 Å². The molecule has 5 heterocycles. The van der Waals surface area contributed by atoms with Crippen molar-refractivity contribution >= 4 is 5.97 Å². The third-order valence-corrected chi connectivity index (χ3v) is 23.2. The van der Waals surface area contributed by atoms with Gasteiger partial charge < -0.3 is 129 Å². The lowest BCUT2D eigenvalue weighted by Crippen LogP contribution is -2.69. The molecule has 0 radical (unpaired) electrons. The summed E-state index contributed by atoms with van der Waals surface area (Å²) >= 11 is 0. The van der Waals surface area contributed by atoms with Crippen molar-refractivity contribution in [3.05, 3.63) is 11.6 Å². The number of carbonyl (C=O) groups excluding carboxylic acids is 1. The van der Waals surface area contributed by atoms with Crippen LogP contribution in [0.15, 0.2) is 11.6 Å². The second-order valence-corrected chi connectivity index (χ2v) is 28.6. The number of esters is 1. The standard InChI is InChI=1S/C59H96O27/c1-23-34(64)38(68)42(72)49(79-23)84-46-28(19-60)81-48(45(75)41(46)71)78-21-29-37(67)40(70)44(74)51(82-29)86-53(76)59-16-15-54(3,4)17-26(59)25-9-10-31-55(5)13-12-33(56(6,22-61)30(55)11-14-57(31,7)58(25,8)18-32(59)63)83-52-47(36(66)27(62)20-77-52)85-50-43(73)39(69)35(65)24(2)80-50/h9,23-24,26-52,60-75H,10-22H2,1-8H3. The number of hydrogen-bond donors (Lipinski definition) is 16. The van der Waals surface area contributed by atoms with Gasteiger partial charge in [-0.1, -0.05) is 53.2 Å². The Morgan fingerprint density at radius 2 is 1.15 bits per heavy atom. The molecule has 86 heavy (non-hydrogen) atoms. The second kappa shape index (κ2) is 24.6. The van der Waals surface area contributed by atoms with Gasteiger partial charge in [-0.3, -0.25) is 4.79 Å². The van der Waals surface area contributed by atoms with E-state index in [-0.39, 0.29) is 43.3 Å². The maximum absolute atomic E-state index is 15.3. The molecule has 4 saturated carbocycles. The number of rotatable bonds is 13. The third-order valence-electron chi connectivity index (χ3n) is 23.2. The molecule has 34 unspecified atom stereocenters. The highest BCUT2D eigenvalue weighted by Gasteiger charge is 2.73. The second-order valence-electron chi connectivity index (χ2n) is 28.6. The van der Waals surface area contributed by atoms with E-state index in [9.17, 15) is 81.7 Å². The van der Waals surface area contributed by atoms with E-state index in [0.717, 1.165) is 5.57 Å². The van der Waals surface area contributed by atoms with Gasteiger partial charge in [-0.15, -0.1) is 0 Å². The zero-order valence-electron chi connectivity index (χ0n) is 50.2. The average Bonchev–Trinajstić information content (AvgIpc) is 0.678. The van der Waals surface area contributed by atoms with Crippen LogP contribution in [0.5, 0.6) is 0 Å². The Morgan fingerprint density at radius 1 is 0.570 bits per heavy atom. The Morgan fingerprint density at radius 3 is 1.77 bits per heavy atom. The summed E-state index contributed by atoms with van der Waals surface area (Å²) in [6, 6.07) is 0. The molecular formula is C59H96O27. The Hall–Kier alpha value is -1.79. The molecule has 5 aliphatic heterocycles. The van der Waals surface area contributed by atoms with Crippen molar-refractivity contribution in [3.63, 3.8) is 0 Å². The summed E-state index contributed by atoms with van der Waals surface area (Å²) in [4.78, 5) is 15.3. The fraction of sp³-hybridized carbons (Fsp3) is 0.949. The van der Waals surface area contributed by atoms with Crippen LogP contribution in [0.2, 0.25) is 0 Å². The molecule has 10 aliphatic rings. The van der Waals surface area contributed by atoms with Crippen LogP contribution in [0.1, 0.15) is 113 Å². The number of carbonyl (C=O) groups is 1. The lowest BCUT2D eigenvalue weighted by molar-refractivity contribution is -0.365. The van der Waals surface area contributed by atoms with Crippen LogP contribution in [0.25, 0.3) is 0 Å². The quantitative estimate of drug-likeness (QED) is 0.0482. The van der Waals surface area contributed by atoms with Crippen molar-refractivity contribution in [2.75, 3.05) is 26.4 Å². The van der Waals surface area contributed by atoms with Crippen LogP contribution >= 0.6 is 0 Å². The summed E-state index contributed by atoms with van der Waals surface area (Å²) in [5.74, 6) is -1.58. The van der Waals surface area contributed by atoms with Crippen molar-refractivity contribution in [3.8, 4) is 0 Å². The highest BCUT2D eigenvalue weighted by molar-refractivity contribution is 5.80. The van der Waals surface area contributed by atoms with Gasteiger partial charge in [-0.25, -0.2) is 0 Å². The van der Waals surface area contributed by atoms with Crippen LogP contribution in [-0.2, 0) is 52.2 Å². The van der Waals surface area contributed by atoms with E-state index in [4.69, 9.17) is 47.4 Å². The van der Waals surface area contributed by atoms with Gasteiger partial charge >= 0.3 is 5.97 Å². The fourth-order valence-corrected chi connectivity index (χ4v) is 17.6. The fourth-order valence-electron chi connectivity index (χ4n) is 17.6. The Labute approximate surface area is 499 Å². The molecule has 27 heteroatoms. The summed E-state index contributed by atoms with van der Waals surface area (Å²) < 4.78 is 59.2. The molecule has 27 nitrogen and oxygen atoms in total. The molecule has 0 aromatic carbocycles. The number of allylic oxidation sites excluding steroid dienone is 2. The van der Waals surface area contributed by atoms with Gasteiger partial charge in [-0.05, 0) is 111 Å². The highest BCUT2D eigenvalue weighted by Crippen LogP contribution is 2.76. The van der Waals surface area contributed by atoms with Crippen LogP contribution < -0.4 is 0 Å². The molecule has 34 atom stereocenters. The molecule has 494 valence electrons. The normalized spacial score (nSPS) is 55.6. The monoisotopic (exact) mass is 1240 g/mol. The van der Waals surface area contributed by atoms with Gasteiger partial charge in [0.05, 0.1) is 50.8 Å². The van der Waals surface area contributed by atoms with Crippen LogP contribution in [-0.4, -0.2) is 274 Å². The lowest BCUT2D eigenvalue weighted by atomic mass is 9.33. The molecule has 10 rings (SSSR count). The smallest absolute Gasteiger partial charge is 0.317 e. The molecule has 0 spiro atoms. The largest absolute Gasteiger partial charge is 0.432 e. The first-order valence-corrected chi connectivity index (χ1v) is 30.7. The first-order valence-electron chi connectivity index (χ1n) is 30.7. The van der Waals surface area contributed by atoms with Crippen LogP contribution in [0.3, 0.4) is 0 Å². The van der Waals surface area contributed by atoms with E-state index in [2.05, 4.69) is 40.7 Å². The van der Waals surface area contributed by atoms with Crippen molar-refractivity contribution in [1.29, 1.82) is 0 Å².